The summed E-state index contributed by atoms with van der Waals surface area (Å²) >= 11 is 6.94. The van der Waals surface area contributed by atoms with Crippen LogP contribution in [0.5, 0.6) is 11.5 Å². The average molecular weight is 524 g/mol. The van der Waals surface area contributed by atoms with E-state index < -0.39 is 0 Å². The first-order valence-corrected chi connectivity index (χ1v) is 14.0. The van der Waals surface area contributed by atoms with E-state index in [-0.39, 0.29) is 0 Å². The average Bonchev–Trinajstić information content (AvgIpc) is 3.25. The number of benzene rings is 2. The van der Waals surface area contributed by atoms with Crippen LogP contribution < -0.4 is 9.47 Å². The number of hydrogen-bond donors (Lipinski definition) is 0. The van der Waals surface area contributed by atoms with Crippen LogP contribution in [0.2, 0.25) is 5.15 Å². The second-order valence-corrected chi connectivity index (χ2v) is 10.2. The molecule has 1 saturated heterocycles. The highest BCUT2D eigenvalue weighted by molar-refractivity contribution is 6.30. The van der Waals surface area contributed by atoms with Crippen molar-refractivity contribution in [3.63, 3.8) is 0 Å². The van der Waals surface area contributed by atoms with Crippen LogP contribution in [-0.2, 0) is 30.7 Å². The van der Waals surface area contributed by atoms with Gasteiger partial charge in [0.1, 0.15) is 19.0 Å². The maximum atomic E-state index is 6.94. The Labute approximate surface area is 225 Å². The number of imidazole rings is 1. The van der Waals surface area contributed by atoms with E-state index in [0.29, 0.717) is 37.6 Å². The summed E-state index contributed by atoms with van der Waals surface area (Å²) in [6.07, 6.45) is 5.39. The second kappa shape index (κ2) is 11.9. The molecule has 2 aliphatic rings. The lowest BCUT2D eigenvalue weighted by Crippen LogP contribution is -2.34. The minimum Gasteiger partial charge on any atom is -0.486 e. The number of nitrogens with zero attached hydrogens (tertiary/aromatic N) is 3. The van der Waals surface area contributed by atoms with Gasteiger partial charge < -0.3 is 18.8 Å². The van der Waals surface area contributed by atoms with Crippen LogP contribution in [0.1, 0.15) is 61.5 Å². The van der Waals surface area contributed by atoms with Crippen LogP contribution in [0.4, 0.5) is 0 Å². The van der Waals surface area contributed by atoms with Crippen molar-refractivity contribution < 1.29 is 14.2 Å². The number of likely N-dealkylation sites (tertiary alicyclic amines) is 1. The lowest BCUT2D eigenvalue weighted by molar-refractivity contribution is 0.133. The smallest absolute Gasteiger partial charge is 0.161 e. The number of fused-ring (bicyclic) bond motifs is 1. The quantitative estimate of drug-likeness (QED) is 0.321. The lowest BCUT2D eigenvalue weighted by atomic mass is 9.94. The summed E-state index contributed by atoms with van der Waals surface area (Å²) < 4.78 is 19.5. The Bertz CT molecular complexity index is 1200. The summed E-state index contributed by atoms with van der Waals surface area (Å²) in [5.41, 5.74) is 6.16. The summed E-state index contributed by atoms with van der Waals surface area (Å²) in [6.45, 7) is 8.69. The molecule has 2 aromatic carbocycles. The zero-order valence-corrected chi connectivity index (χ0v) is 23.0. The highest BCUT2D eigenvalue weighted by Gasteiger charge is 2.29. The van der Waals surface area contributed by atoms with Crippen molar-refractivity contribution in [1.29, 1.82) is 0 Å². The number of methoxy groups -OCH3 is 1. The van der Waals surface area contributed by atoms with Gasteiger partial charge in [0.15, 0.2) is 16.7 Å². The Morgan fingerprint density at radius 2 is 1.78 bits per heavy atom. The normalized spacial score (nSPS) is 17.8. The van der Waals surface area contributed by atoms with Gasteiger partial charge in [-0.1, -0.05) is 56.1 Å². The highest BCUT2D eigenvalue weighted by Crippen LogP contribution is 2.39. The Morgan fingerprint density at radius 3 is 2.51 bits per heavy atom. The molecule has 0 N–H and O–H groups in total. The Morgan fingerprint density at radius 1 is 1.03 bits per heavy atom. The van der Waals surface area contributed by atoms with Gasteiger partial charge in [0.25, 0.3) is 0 Å². The minimum absolute atomic E-state index is 0.295. The Hall–Kier alpha value is -2.54. The number of rotatable bonds is 9. The third-order valence-electron chi connectivity index (χ3n) is 7.68. The van der Waals surface area contributed by atoms with Crippen molar-refractivity contribution in [1.82, 2.24) is 14.5 Å². The second-order valence-electron chi connectivity index (χ2n) is 9.86. The first-order valence-electron chi connectivity index (χ1n) is 13.6. The number of hydrogen-bond acceptors (Lipinski definition) is 5. The maximum Gasteiger partial charge on any atom is 0.161 e. The zero-order valence-electron chi connectivity index (χ0n) is 22.3. The molecule has 1 unspecified atom stereocenters. The predicted octanol–water partition coefficient (Wildman–Crippen LogP) is 6.47. The van der Waals surface area contributed by atoms with Gasteiger partial charge >= 0.3 is 0 Å². The van der Waals surface area contributed by atoms with Crippen molar-refractivity contribution in [2.45, 2.75) is 65.1 Å². The fraction of sp³-hybridized carbons (Fsp3) is 0.500. The monoisotopic (exact) mass is 523 g/mol. The molecular formula is C30H38ClN3O3. The molecule has 0 bridgehead atoms. The first-order chi connectivity index (χ1) is 18.1. The molecule has 198 valence electrons. The predicted molar refractivity (Wildman–Crippen MR) is 148 cm³/mol. The third kappa shape index (κ3) is 5.38. The minimum atomic E-state index is 0.295. The van der Waals surface area contributed by atoms with E-state index in [1.54, 1.807) is 7.11 Å². The summed E-state index contributed by atoms with van der Waals surface area (Å²) in [7, 11) is 1.75. The number of aryl methyl sites for hydroxylation is 2. The van der Waals surface area contributed by atoms with Crippen LogP contribution in [0.15, 0.2) is 36.4 Å². The molecule has 37 heavy (non-hydrogen) atoms. The molecule has 7 heteroatoms. The first kappa shape index (κ1) is 26.1. The fourth-order valence-corrected chi connectivity index (χ4v) is 6.01. The lowest BCUT2D eigenvalue weighted by Gasteiger charge is -2.36. The molecule has 1 atom stereocenters. The number of piperidine rings is 1. The van der Waals surface area contributed by atoms with Crippen molar-refractivity contribution in [3.8, 4) is 22.9 Å². The molecule has 3 heterocycles. The third-order valence-corrected chi connectivity index (χ3v) is 7.99. The molecule has 1 fully saturated rings. The van der Waals surface area contributed by atoms with Gasteiger partial charge in [-0.05, 0) is 61.1 Å². The van der Waals surface area contributed by atoms with Crippen molar-refractivity contribution in [3.05, 3.63) is 63.9 Å². The number of halogens is 1. The van der Waals surface area contributed by atoms with Crippen LogP contribution in [0.3, 0.4) is 0 Å². The molecule has 0 radical (unpaired) electrons. The topological polar surface area (TPSA) is 48.8 Å². The standard InChI is InChI=1S/C30H38ClN3O3/c1-4-21-9-8-10-22(5-2)28(21)30-32-29(31)25(34(30)15-16-35-3)20-33-14-7-6-11-24(33)23-12-13-26-27(19-23)37-18-17-36-26/h8-10,12-13,19,24H,4-7,11,14-18,20H2,1-3H3. The van der Waals surface area contributed by atoms with Gasteiger partial charge in [0.05, 0.1) is 12.3 Å². The molecule has 0 amide bonds. The van der Waals surface area contributed by atoms with Gasteiger partial charge in [-0.15, -0.1) is 0 Å². The van der Waals surface area contributed by atoms with E-state index in [0.717, 1.165) is 55.4 Å². The summed E-state index contributed by atoms with van der Waals surface area (Å²) in [4.78, 5) is 7.53. The van der Waals surface area contributed by atoms with Gasteiger partial charge in [-0.25, -0.2) is 4.98 Å². The summed E-state index contributed by atoms with van der Waals surface area (Å²) in [5.74, 6) is 2.64. The fourth-order valence-electron chi connectivity index (χ4n) is 5.77. The number of ether oxygens (including phenoxy) is 3. The summed E-state index contributed by atoms with van der Waals surface area (Å²) in [6, 6.07) is 13.3. The van der Waals surface area contributed by atoms with Gasteiger partial charge in [0.2, 0.25) is 0 Å². The van der Waals surface area contributed by atoms with E-state index in [4.69, 9.17) is 30.8 Å². The molecular weight excluding hydrogens is 486 g/mol. The molecule has 5 rings (SSSR count). The Kier molecular flexibility index (Phi) is 8.38. The van der Waals surface area contributed by atoms with Crippen molar-refractivity contribution in [2.24, 2.45) is 0 Å². The highest BCUT2D eigenvalue weighted by atomic mass is 35.5. The van der Waals surface area contributed by atoms with Crippen molar-refractivity contribution in [2.75, 3.05) is 33.5 Å². The van der Waals surface area contributed by atoms with Gasteiger partial charge in [-0.2, -0.15) is 0 Å². The Balaban J connectivity index is 1.52. The van der Waals surface area contributed by atoms with Crippen LogP contribution >= 0.6 is 11.6 Å². The van der Waals surface area contributed by atoms with E-state index in [1.165, 1.54) is 35.1 Å². The molecule has 2 aliphatic heterocycles. The molecule has 3 aromatic rings. The molecule has 6 nitrogen and oxygen atoms in total. The molecule has 0 spiro atoms. The van der Waals surface area contributed by atoms with E-state index in [2.05, 4.69) is 59.7 Å². The molecule has 0 aliphatic carbocycles. The summed E-state index contributed by atoms with van der Waals surface area (Å²) in [5, 5.41) is 0.588. The van der Waals surface area contributed by atoms with Crippen LogP contribution in [-0.4, -0.2) is 47.9 Å². The van der Waals surface area contributed by atoms with Crippen LogP contribution in [0.25, 0.3) is 11.4 Å². The largest absolute Gasteiger partial charge is 0.486 e. The van der Waals surface area contributed by atoms with E-state index >= 15 is 0 Å². The zero-order chi connectivity index (χ0) is 25.8. The van der Waals surface area contributed by atoms with Gasteiger partial charge in [-0.3, -0.25) is 4.90 Å². The SMILES string of the molecule is CCc1cccc(CC)c1-c1nc(Cl)c(CN2CCCCC2c2ccc3c(c2)OCCO3)n1CCOC. The van der Waals surface area contributed by atoms with E-state index in [9.17, 15) is 0 Å². The molecule has 1 aromatic heterocycles. The molecule has 0 saturated carbocycles. The maximum absolute atomic E-state index is 6.94. The van der Waals surface area contributed by atoms with Crippen molar-refractivity contribution >= 4 is 11.6 Å². The van der Waals surface area contributed by atoms with Crippen LogP contribution in [0, 0.1) is 0 Å². The van der Waals surface area contributed by atoms with E-state index in [1.807, 2.05) is 0 Å². The van der Waals surface area contributed by atoms with Gasteiger partial charge in [0, 0.05) is 31.8 Å². The number of aromatic nitrogens is 2.